The van der Waals surface area contributed by atoms with Gasteiger partial charge in [-0.1, -0.05) is 34.5 Å². The van der Waals surface area contributed by atoms with Crippen molar-refractivity contribution in [2.75, 3.05) is 11.9 Å². The van der Waals surface area contributed by atoms with E-state index in [4.69, 9.17) is 11.6 Å². The quantitative estimate of drug-likeness (QED) is 0.844. The summed E-state index contributed by atoms with van der Waals surface area (Å²) in [4.78, 5) is 14.3. The molecule has 5 heteroatoms. The van der Waals surface area contributed by atoms with Gasteiger partial charge in [0.05, 0.1) is 5.02 Å². The standard InChI is InChI=1S/C13H15BrClNO2/c1-8-4-5-16(11(8)7-14)13(18)9-2-3-12(17)10(15)6-9/h2-3,6,8,11,17H,4-5,7H2,1H3. The van der Waals surface area contributed by atoms with Gasteiger partial charge in [-0.15, -0.1) is 0 Å². The Kier molecular flexibility index (Phi) is 4.17. The van der Waals surface area contributed by atoms with Crippen LogP contribution < -0.4 is 0 Å². The molecule has 2 atom stereocenters. The SMILES string of the molecule is CC1CCN(C(=O)c2ccc(O)c(Cl)c2)C1CBr. The van der Waals surface area contributed by atoms with Gasteiger partial charge < -0.3 is 10.0 Å². The van der Waals surface area contributed by atoms with Gasteiger partial charge in [0.15, 0.2) is 0 Å². The molecule has 0 bridgehead atoms. The highest BCUT2D eigenvalue weighted by atomic mass is 79.9. The predicted molar refractivity (Wildman–Crippen MR) is 75.5 cm³/mol. The topological polar surface area (TPSA) is 40.5 Å². The Morgan fingerprint density at radius 3 is 2.94 bits per heavy atom. The van der Waals surface area contributed by atoms with Gasteiger partial charge in [-0.2, -0.15) is 0 Å². The minimum absolute atomic E-state index is 0.0000446. The largest absolute Gasteiger partial charge is 0.506 e. The molecule has 0 aromatic heterocycles. The normalized spacial score (nSPS) is 23.4. The van der Waals surface area contributed by atoms with Gasteiger partial charge >= 0.3 is 0 Å². The molecular weight excluding hydrogens is 318 g/mol. The Balaban J connectivity index is 2.23. The Bertz CT molecular complexity index is 466. The monoisotopic (exact) mass is 331 g/mol. The molecule has 1 aromatic rings. The van der Waals surface area contributed by atoms with E-state index >= 15 is 0 Å². The average molecular weight is 333 g/mol. The number of likely N-dealkylation sites (tertiary alicyclic amines) is 1. The van der Waals surface area contributed by atoms with Gasteiger partial charge in [-0.3, -0.25) is 4.79 Å². The van der Waals surface area contributed by atoms with E-state index < -0.39 is 0 Å². The number of benzene rings is 1. The van der Waals surface area contributed by atoms with E-state index in [9.17, 15) is 9.90 Å². The summed E-state index contributed by atoms with van der Waals surface area (Å²) in [6, 6.07) is 4.81. The van der Waals surface area contributed by atoms with Crippen LogP contribution in [0.2, 0.25) is 5.02 Å². The molecule has 1 aromatic carbocycles. The third kappa shape index (κ3) is 2.50. The number of carbonyl (C=O) groups excluding carboxylic acids is 1. The molecule has 98 valence electrons. The summed E-state index contributed by atoms with van der Waals surface area (Å²) in [7, 11) is 0. The maximum Gasteiger partial charge on any atom is 0.254 e. The molecule has 2 rings (SSSR count). The van der Waals surface area contributed by atoms with Crippen molar-refractivity contribution in [2.45, 2.75) is 19.4 Å². The van der Waals surface area contributed by atoms with E-state index in [0.29, 0.717) is 11.5 Å². The van der Waals surface area contributed by atoms with Gasteiger partial charge in [-0.05, 0) is 30.5 Å². The number of halogens is 2. The maximum atomic E-state index is 12.4. The number of carbonyl (C=O) groups is 1. The summed E-state index contributed by atoms with van der Waals surface area (Å²) in [5.74, 6) is 0.478. The average Bonchev–Trinajstić information content (AvgIpc) is 2.73. The predicted octanol–water partition coefficient (Wildman–Crippen LogP) is 3.29. The summed E-state index contributed by atoms with van der Waals surface area (Å²) < 4.78 is 0. The van der Waals surface area contributed by atoms with Crippen molar-refractivity contribution in [3.63, 3.8) is 0 Å². The molecule has 1 saturated heterocycles. The molecular formula is C13H15BrClNO2. The van der Waals surface area contributed by atoms with Gasteiger partial charge in [0, 0.05) is 23.5 Å². The van der Waals surface area contributed by atoms with Crippen LogP contribution in [0.15, 0.2) is 18.2 Å². The Hall–Kier alpha value is -0.740. The van der Waals surface area contributed by atoms with Crippen LogP contribution in [0.25, 0.3) is 0 Å². The molecule has 0 aliphatic carbocycles. The molecule has 1 aliphatic heterocycles. The van der Waals surface area contributed by atoms with Crippen molar-refractivity contribution in [1.82, 2.24) is 4.90 Å². The molecule has 0 spiro atoms. The lowest BCUT2D eigenvalue weighted by Gasteiger charge is -2.25. The van der Waals surface area contributed by atoms with Crippen LogP contribution in [0.1, 0.15) is 23.7 Å². The molecule has 1 heterocycles. The van der Waals surface area contributed by atoms with Crippen LogP contribution in [0.5, 0.6) is 5.75 Å². The number of phenolic OH excluding ortho intramolecular Hbond substituents is 1. The number of hydrogen-bond donors (Lipinski definition) is 1. The minimum atomic E-state index is -0.0225. The van der Waals surface area contributed by atoms with Gasteiger partial charge in [0.25, 0.3) is 5.91 Å². The van der Waals surface area contributed by atoms with Gasteiger partial charge in [0.1, 0.15) is 5.75 Å². The van der Waals surface area contributed by atoms with E-state index in [2.05, 4.69) is 22.9 Å². The summed E-state index contributed by atoms with van der Waals surface area (Å²) in [5.41, 5.74) is 0.526. The van der Waals surface area contributed by atoms with Crippen molar-refractivity contribution in [3.8, 4) is 5.75 Å². The fourth-order valence-corrected chi connectivity index (χ4v) is 3.47. The van der Waals surface area contributed by atoms with E-state index in [-0.39, 0.29) is 22.7 Å². The molecule has 2 unspecified atom stereocenters. The minimum Gasteiger partial charge on any atom is -0.506 e. The van der Waals surface area contributed by atoms with Crippen LogP contribution >= 0.6 is 27.5 Å². The molecule has 1 aliphatic rings. The zero-order valence-electron chi connectivity index (χ0n) is 10.1. The first kappa shape index (κ1) is 13.7. The van der Waals surface area contributed by atoms with Crippen molar-refractivity contribution in [2.24, 2.45) is 5.92 Å². The number of alkyl halides is 1. The van der Waals surface area contributed by atoms with Crippen LogP contribution in [-0.2, 0) is 0 Å². The first-order chi connectivity index (χ1) is 8.54. The number of aromatic hydroxyl groups is 1. The Morgan fingerprint density at radius 2 is 2.33 bits per heavy atom. The van der Waals surface area contributed by atoms with E-state index in [1.807, 2.05) is 4.90 Å². The lowest BCUT2D eigenvalue weighted by atomic mass is 10.0. The number of rotatable bonds is 2. The zero-order valence-corrected chi connectivity index (χ0v) is 12.4. The number of phenols is 1. The third-order valence-electron chi connectivity index (χ3n) is 3.50. The maximum absolute atomic E-state index is 12.4. The van der Waals surface area contributed by atoms with Crippen LogP contribution in [0.3, 0.4) is 0 Å². The van der Waals surface area contributed by atoms with Crippen molar-refractivity contribution >= 4 is 33.4 Å². The fourth-order valence-electron chi connectivity index (χ4n) is 2.30. The van der Waals surface area contributed by atoms with Crippen LogP contribution in [-0.4, -0.2) is 33.8 Å². The lowest BCUT2D eigenvalue weighted by Crippen LogP contribution is -2.38. The molecule has 1 amide bonds. The highest BCUT2D eigenvalue weighted by Crippen LogP contribution is 2.29. The van der Waals surface area contributed by atoms with Crippen molar-refractivity contribution < 1.29 is 9.90 Å². The Morgan fingerprint density at radius 1 is 1.61 bits per heavy atom. The highest BCUT2D eigenvalue weighted by Gasteiger charge is 2.34. The van der Waals surface area contributed by atoms with Crippen LogP contribution in [0.4, 0.5) is 0 Å². The second kappa shape index (κ2) is 5.49. The summed E-state index contributed by atoms with van der Waals surface area (Å²) >= 11 is 9.30. The second-order valence-electron chi connectivity index (χ2n) is 4.65. The zero-order chi connectivity index (χ0) is 13.3. The second-order valence-corrected chi connectivity index (χ2v) is 5.71. The number of nitrogens with zero attached hydrogens (tertiary/aromatic N) is 1. The number of hydrogen-bond acceptors (Lipinski definition) is 2. The molecule has 1 N–H and O–H groups in total. The Labute approximate surface area is 120 Å². The van der Waals surface area contributed by atoms with Crippen molar-refractivity contribution in [1.29, 1.82) is 0 Å². The molecule has 0 radical (unpaired) electrons. The van der Waals surface area contributed by atoms with Crippen LogP contribution in [0, 0.1) is 5.92 Å². The van der Waals surface area contributed by atoms with E-state index in [1.165, 1.54) is 12.1 Å². The molecule has 3 nitrogen and oxygen atoms in total. The summed E-state index contributed by atoms with van der Waals surface area (Å²) in [5, 5.41) is 10.4. The molecule has 0 saturated carbocycles. The van der Waals surface area contributed by atoms with Gasteiger partial charge in [0.2, 0.25) is 0 Å². The fraction of sp³-hybridized carbons (Fsp3) is 0.462. The van der Waals surface area contributed by atoms with E-state index in [0.717, 1.165) is 18.3 Å². The molecule has 1 fully saturated rings. The lowest BCUT2D eigenvalue weighted by molar-refractivity contribution is 0.0738. The first-order valence-corrected chi connectivity index (χ1v) is 7.40. The highest BCUT2D eigenvalue weighted by molar-refractivity contribution is 9.09. The summed E-state index contributed by atoms with van der Waals surface area (Å²) in [6.45, 7) is 2.93. The summed E-state index contributed by atoms with van der Waals surface area (Å²) in [6.07, 6.45) is 1.02. The number of amides is 1. The van der Waals surface area contributed by atoms with Gasteiger partial charge in [-0.25, -0.2) is 0 Å². The van der Waals surface area contributed by atoms with E-state index in [1.54, 1.807) is 6.07 Å². The smallest absolute Gasteiger partial charge is 0.254 e. The third-order valence-corrected chi connectivity index (χ3v) is 4.46. The first-order valence-electron chi connectivity index (χ1n) is 5.90. The molecule has 18 heavy (non-hydrogen) atoms. The van der Waals surface area contributed by atoms with Crippen molar-refractivity contribution in [3.05, 3.63) is 28.8 Å².